The Morgan fingerprint density at radius 1 is 1.19 bits per heavy atom. The molecule has 0 aliphatic carbocycles. The van der Waals surface area contributed by atoms with E-state index in [1.54, 1.807) is 37.1 Å². The summed E-state index contributed by atoms with van der Waals surface area (Å²) in [5, 5.41) is 14.1. The first kappa shape index (κ1) is 28.2. The lowest BCUT2D eigenvalue weighted by Crippen LogP contribution is -2.46. The summed E-state index contributed by atoms with van der Waals surface area (Å²) >= 11 is 1.12. The molecule has 4 amide bonds. The van der Waals surface area contributed by atoms with Gasteiger partial charge in [-0.3, -0.25) is 14.4 Å². The molecule has 204 valence electrons. The second kappa shape index (κ2) is 11.4. The van der Waals surface area contributed by atoms with E-state index in [4.69, 9.17) is 9.47 Å². The van der Waals surface area contributed by atoms with Crippen LogP contribution in [-0.4, -0.2) is 107 Å². The third-order valence-electron chi connectivity index (χ3n) is 6.21. The van der Waals surface area contributed by atoms with Crippen molar-refractivity contribution in [3.63, 3.8) is 0 Å². The summed E-state index contributed by atoms with van der Waals surface area (Å²) in [6, 6.07) is -0.427. The predicted octanol–water partition coefficient (Wildman–Crippen LogP) is 1.40. The standard InChI is InChI=1S/C24H34N4O8S/c1-24(2,3)36-23(34)25-14-10-15-13-35-17-8-9-37-20(17)21(31)27(5)16(22(32)33)6-7-18(29)26(4)12-19(30)28(15)11-14/h8-9,14-16H,6-7,10-13H2,1-5H3,(H,25,34)(H,32,33)/t14-,15+,16+/m1/s1. The van der Waals surface area contributed by atoms with Crippen molar-refractivity contribution in [1.82, 2.24) is 20.0 Å². The molecule has 0 spiro atoms. The number of likely N-dealkylation sites (N-methyl/N-ethyl adjacent to an activating group) is 2. The van der Waals surface area contributed by atoms with Gasteiger partial charge in [0.1, 0.15) is 28.9 Å². The minimum absolute atomic E-state index is 0.0407. The lowest BCUT2D eigenvalue weighted by molar-refractivity contribution is -0.143. The molecule has 0 radical (unpaired) electrons. The number of hydrogen-bond donors (Lipinski definition) is 2. The highest BCUT2D eigenvalue weighted by Crippen LogP contribution is 2.29. The maximum atomic E-state index is 13.2. The fourth-order valence-corrected chi connectivity index (χ4v) is 5.15. The van der Waals surface area contributed by atoms with Crippen LogP contribution in [0.1, 0.15) is 49.7 Å². The maximum absolute atomic E-state index is 13.2. The van der Waals surface area contributed by atoms with Crippen LogP contribution in [0.2, 0.25) is 0 Å². The topological polar surface area (TPSA) is 146 Å². The molecule has 1 aromatic heterocycles. The van der Waals surface area contributed by atoms with Crippen molar-refractivity contribution in [2.24, 2.45) is 0 Å². The van der Waals surface area contributed by atoms with Gasteiger partial charge < -0.3 is 34.6 Å². The molecule has 2 aliphatic heterocycles. The molecule has 2 N–H and O–H groups in total. The van der Waals surface area contributed by atoms with Gasteiger partial charge in [-0.05, 0) is 45.1 Å². The molecule has 1 fully saturated rings. The van der Waals surface area contributed by atoms with Gasteiger partial charge in [0.25, 0.3) is 5.91 Å². The van der Waals surface area contributed by atoms with E-state index in [-0.39, 0.29) is 49.1 Å². The molecule has 3 rings (SSSR count). The first-order valence-corrected chi connectivity index (χ1v) is 12.9. The number of hydrogen-bond acceptors (Lipinski definition) is 8. The molecule has 12 nitrogen and oxygen atoms in total. The number of thiophene rings is 1. The lowest BCUT2D eigenvalue weighted by Gasteiger charge is -2.27. The number of aliphatic carboxylic acids is 1. The third-order valence-corrected chi connectivity index (χ3v) is 7.10. The van der Waals surface area contributed by atoms with Crippen LogP contribution in [0.25, 0.3) is 0 Å². The van der Waals surface area contributed by atoms with Crippen LogP contribution < -0.4 is 10.1 Å². The Hall–Kier alpha value is -3.35. The van der Waals surface area contributed by atoms with Crippen LogP contribution in [0.15, 0.2) is 11.4 Å². The fraction of sp³-hybridized carbons (Fsp3) is 0.625. The van der Waals surface area contributed by atoms with Crippen LogP contribution in [-0.2, 0) is 19.1 Å². The number of carbonyl (C=O) groups is 5. The van der Waals surface area contributed by atoms with Gasteiger partial charge in [0.15, 0.2) is 0 Å². The van der Waals surface area contributed by atoms with E-state index in [9.17, 15) is 29.1 Å². The van der Waals surface area contributed by atoms with E-state index in [0.717, 1.165) is 16.2 Å². The van der Waals surface area contributed by atoms with Gasteiger partial charge in [-0.25, -0.2) is 9.59 Å². The van der Waals surface area contributed by atoms with E-state index < -0.39 is 47.6 Å². The molecule has 3 atom stereocenters. The number of nitrogens with one attached hydrogen (secondary N) is 1. The molecule has 0 unspecified atom stereocenters. The predicted molar refractivity (Wildman–Crippen MR) is 133 cm³/mol. The molecule has 3 heterocycles. The van der Waals surface area contributed by atoms with E-state index in [1.807, 2.05) is 0 Å². The van der Waals surface area contributed by atoms with Crippen molar-refractivity contribution in [2.75, 3.05) is 33.8 Å². The minimum atomic E-state index is -1.23. The van der Waals surface area contributed by atoms with Crippen LogP contribution in [0.4, 0.5) is 4.79 Å². The first-order valence-electron chi connectivity index (χ1n) is 12.0. The van der Waals surface area contributed by atoms with Crippen LogP contribution in [0.3, 0.4) is 0 Å². The molecule has 0 aromatic carbocycles. The van der Waals surface area contributed by atoms with E-state index in [2.05, 4.69) is 5.32 Å². The number of nitrogens with zero attached hydrogens (tertiary/aromatic N) is 3. The van der Waals surface area contributed by atoms with Crippen molar-refractivity contribution in [2.45, 2.75) is 63.8 Å². The SMILES string of the molecule is CN1CC(=O)N2C[C@H](NC(=O)OC(C)(C)C)C[C@H]2COc2ccsc2C(=O)N(C)[C@H](C(=O)O)CCC1=O. The lowest BCUT2D eigenvalue weighted by atomic mass is 10.1. The summed E-state index contributed by atoms with van der Waals surface area (Å²) in [7, 11) is 2.85. The van der Waals surface area contributed by atoms with E-state index >= 15 is 0 Å². The zero-order chi connectivity index (χ0) is 27.5. The molecule has 1 saturated heterocycles. The van der Waals surface area contributed by atoms with Crippen LogP contribution in [0.5, 0.6) is 5.75 Å². The largest absolute Gasteiger partial charge is 0.490 e. The normalized spacial score (nSPS) is 24.0. The van der Waals surface area contributed by atoms with Gasteiger partial charge in [0.05, 0.1) is 18.6 Å². The van der Waals surface area contributed by atoms with Crippen LogP contribution >= 0.6 is 11.3 Å². The summed E-state index contributed by atoms with van der Waals surface area (Å²) in [6.45, 7) is 5.29. The summed E-state index contributed by atoms with van der Waals surface area (Å²) in [5.74, 6) is -2.22. The Kier molecular flexibility index (Phi) is 8.67. The average molecular weight is 539 g/mol. The molecular weight excluding hydrogens is 504 g/mol. The molecule has 1 aromatic rings. The Balaban J connectivity index is 1.85. The molecule has 2 aliphatic rings. The average Bonchev–Trinajstić information content (AvgIpc) is 3.41. The molecule has 0 saturated carbocycles. The van der Waals surface area contributed by atoms with Crippen molar-refractivity contribution in [3.8, 4) is 5.75 Å². The summed E-state index contributed by atoms with van der Waals surface area (Å²) in [5.41, 5.74) is -0.677. The van der Waals surface area contributed by atoms with E-state index in [1.165, 1.54) is 19.0 Å². The quantitative estimate of drug-likeness (QED) is 0.575. The zero-order valence-corrected chi connectivity index (χ0v) is 22.5. The molecule has 13 heteroatoms. The highest BCUT2D eigenvalue weighted by atomic mass is 32.1. The smallest absolute Gasteiger partial charge is 0.407 e. The maximum Gasteiger partial charge on any atom is 0.407 e. The van der Waals surface area contributed by atoms with Gasteiger partial charge in [0, 0.05) is 27.1 Å². The number of rotatable bonds is 2. The number of fused-ring (bicyclic) bond motifs is 2. The first-order chi connectivity index (χ1) is 17.3. The highest BCUT2D eigenvalue weighted by molar-refractivity contribution is 7.12. The second-order valence-corrected chi connectivity index (χ2v) is 11.2. The zero-order valence-electron chi connectivity index (χ0n) is 21.7. The highest BCUT2D eigenvalue weighted by Gasteiger charge is 2.38. The Labute approximate surface area is 219 Å². The van der Waals surface area contributed by atoms with Gasteiger partial charge in [-0.1, -0.05) is 0 Å². The second-order valence-electron chi connectivity index (χ2n) is 10.3. The number of carboxylic acids is 1. The van der Waals surface area contributed by atoms with Gasteiger partial charge in [0.2, 0.25) is 11.8 Å². The van der Waals surface area contributed by atoms with Gasteiger partial charge in [-0.15, -0.1) is 11.3 Å². The van der Waals surface area contributed by atoms with Crippen molar-refractivity contribution < 1.29 is 38.6 Å². The Morgan fingerprint density at radius 3 is 2.54 bits per heavy atom. The summed E-state index contributed by atoms with van der Waals surface area (Å²) in [4.78, 5) is 67.3. The van der Waals surface area contributed by atoms with E-state index in [0.29, 0.717) is 6.42 Å². The number of alkyl carbamates (subject to hydrolysis) is 1. The summed E-state index contributed by atoms with van der Waals surface area (Å²) in [6.07, 6.45) is -0.470. The fourth-order valence-electron chi connectivity index (χ4n) is 4.33. The minimum Gasteiger partial charge on any atom is -0.490 e. The van der Waals surface area contributed by atoms with Gasteiger partial charge >= 0.3 is 12.1 Å². The van der Waals surface area contributed by atoms with Crippen LogP contribution in [0, 0.1) is 0 Å². The van der Waals surface area contributed by atoms with Crippen molar-refractivity contribution in [3.05, 3.63) is 16.3 Å². The number of carboxylic acid groups (broad SMARTS) is 1. The van der Waals surface area contributed by atoms with Crippen molar-refractivity contribution >= 4 is 41.1 Å². The molecule has 0 bridgehead atoms. The van der Waals surface area contributed by atoms with Crippen molar-refractivity contribution in [1.29, 1.82) is 0 Å². The Morgan fingerprint density at radius 2 is 1.89 bits per heavy atom. The Bertz CT molecular complexity index is 1050. The number of ether oxygens (including phenoxy) is 2. The monoisotopic (exact) mass is 538 g/mol. The van der Waals surface area contributed by atoms with Gasteiger partial charge in [-0.2, -0.15) is 0 Å². The third kappa shape index (κ3) is 7.12. The molecular formula is C24H34N4O8S. The number of amides is 4. The molecule has 37 heavy (non-hydrogen) atoms. The number of carbonyl (C=O) groups excluding carboxylic acids is 4. The summed E-state index contributed by atoms with van der Waals surface area (Å²) < 4.78 is 11.3.